The minimum atomic E-state index is 0.201. The van der Waals surface area contributed by atoms with Crippen molar-refractivity contribution in [3.8, 4) is 0 Å². The van der Waals surface area contributed by atoms with Crippen LogP contribution in [0.3, 0.4) is 0 Å². The minimum Gasteiger partial charge on any atom is -0.356 e. The van der Waals surface area contributed by atoms with Crippen molar-refractivity contribution in [1.82, 2.24) is 15.5 Å². The van der Waals surface area contributed by atoms with E-state index < -0.39 is 0 Å². The number of rotatable bonds is 6. The van der Waals surface area contributed by atoms with Gasteiger partial charge in [-0.2, -0.15) is 0 Å². The fourth-order valence-corrected chi connectivity index (χ4v) is 3.36. The molecule has 0 spiro atoms. The molecule has 5 nitrogen and oxygen atoms in total. The molecule has 2 aromatic carbocycles. The molecule has 3 rings (SSSR count). The van der Waals surface area contributed by atoms with Crippen molar-refractivity contribution >= 4 is 23.5 Å². The van der Waals surface area contributed by atoms with Crippen molar-refractivity contribution in [3.63, 3.8) is 0 Å². The first-order valence-corrected chi connectivity index (χ1v) is 9.57. The summed E-state index contributed by atoms with van der Waals surface area (Å²) in [6.07, 6.45) is 1.29. The van der Waals surface area contributed by atoms with Gasteiger partial charge in [0.15, 0.2) is 5.96 Å². The van der Waals surface area contributed by atoms with Gasteiger partial charge in [-0.15, -0.1) is 0 Å². The molecule has 6 heteroatoms. The van der Waals surface area contributed by atoms with E-state index in [1.807, 2.05) is 41.3 Å². The largest absolute Gasteiger partial charge is 0.356 e. The highest BCUT2D eigenvalue weighted by molar-refractivity contribution is 6.31. The van der Waals surface area contributed by atoms with Crippen LogP contribution in [-0.2, 0) is 24.4 Å². The van der Waals surface area contributed by atoms with E-state index in [1.54, 1.807) is 7.05 Å². The first-order valence-electron chi connectivity index (χ1n) is 9.20. The van der Waals surface area contributed by atoms with Crippen LogP contribution in [-0.4, -0.2) is 30.4 Å². The van der Waals surface area contributed by atoms with Gasteiger partial charge in [-0.1, -0.05) is 54.1 Å². The summed E-state index contributed by atoms with van der Waals surface area (Å²) < 4.78 is 0. The lowest BCUT2D eigenvalue weighted by molar-refractivity contribution is -0.131. The van der Waals surface area contributed by atoms with E-state index >= 15 is 0 Å². The van der Waals surface area contributed by atoms with Crippen molar-refractivity contribution in [2.45, 2.75) is 32.5 Å². The predicted molar refractivity (Wildman–Crippen MR) is 110 cm³/mol. The summed E-state index contributed by atoms with van der Waals surface area (Å²) in [6, 6.07) is 16.0. The second-order valence-electron chi connectivity index (χ2n) is 6.57. The Morgan fingerprint density at radius 2 is 1.74 bits per heavy atom. The van der Waals surface area contributed by atoms with Crippen LogP contribution >= 0.6 is 11.6 Å². The molecule has 1 heterocycles. The Kier molecular flexibility index (Phi) is 6.71. The van der Waals surface area contributed by atoms with Gasteiger partial charge in [0.25, 0.3) is 0 Å². The maximum Gasteiger partial charge on any atom is 0.223 e. The van der Waals surface area contributed by atoms with Crippen molar-refractivity contribution in [2.24, 2.45) is 4.99 Å². The molecule has 27 heavy (non-hydrogen) atoms. The quantitative estimate of drug-likeness (QED) is 0.456. The fraction of sp³-hybridized carbons (Fsp3) is 0.333. The van der Waals surface area contributed by atoms with Gasteiger partial charge in [0.05, 0.1) is 0 Å². The molecular formula is C21H25ClN4O. The molecule has 0 atom stereocenters. The smallest absolute Gasteiger partial charge is 0.223 e. The number of hydrogen-bond acceptors (Lipinski definition) is 2. The molecule has 0 saturated carbocycles. The SMILES string of the molecule is CN=C(NCCCC(=O)N1Cc2ccccc2C1)NCc1ccccc1Cl. The lowest BCUT2D eigenvalue weighted by atomic mass is 10.1. The van der Waals surface area contributed by atoms with Gasteiger partial charge in [0.1, 0.15) is 0 Å². The Labute approximate surface area is 165 Å². The Hall–Kier alpha value is -2.53. The summed E-state index contributed by atoms with van der Waals surface area (Å²) in [7, 11) is 1.73. The van der Waals surface area contributed by atoms with E-state index in [-0.39, 0.29) is 5.91 Å². The molecular weight excluding hydrogens is 360 g/mol. The maximum absolute atomic E-state index is 12.4. The molecule has 1 aliphatic heterocycles. The average molecular weight is 385 g/mol. The van der Waals surface area contributed by atoms with Crippen LogP contribution in [0.5, 0.6) is 0 Å². The van der Waals surface area contributed by atoms with Crippen molar-refractivity contribution in [3.05, 3.63) is 70.2 Å². The molecule has 2 N–H and O–H groups in total. The number of carbonyl (C=O) groups excluding carboxylic acids is 1. The van der Waals surface area contributed by atoms with Gasteiger partial charge in [0, 0.05) is 44.7 Å². The number of hydrogen-bond donors (Lipinski definition) is 2. The molecule has 0 unspecified atom stereocenters. The van der Waals surface area contributed by atoms with E-state index in [9.17, 15) is 4.79 Å². The number of benzene rings is 2. The number of amides is 1. The molecule has 142 valence electrons. The number of aliphatic imine (C=N–C) groups is 1. The zero-order valence-electron chi connectivity index (χ0n) is 15.5. The lowest BCUT2D eigenvalue weighted by Crippen LogP contribution is -2.37. The van der Waals surface area contributed by atoms with Gasteiger partial charge in [-0.3, -0.25) is 9.79 Å². The standard InChI is InChI=1S/C21H25ClN4O/c1-23-21(25-13-16-7-4-5-10-19(16)22)24-12-6-11-20(27)26-14-17-8-2-3-9-18(17)15-26/h2-5,7-10H,6,11-15H2,1H3,(H2,23,24,25). The van der Waals surface area contributed by atoms with Gasteiger partial charge in [0.2, 0.25) is 5.91 Å². The second-order valence-corrected chi connectivity index (χ2v) is 6.97. The molecule has 0 saturated heterocycles. The third-order valence-electron chi connectivity index (χ3n) is 4.68. The lowest BCUT2D eigenvalue weighted by Gasteiger charge is -2.16. The molecule has 0 fully saturated rings. The van der Waals surface area contributed by atoms with E-state index in [0.717, 1.165) is 30.1 Å². The predicted octanol–water partition coefficient (Wildman–Crippen LogP) is 3.33. The molecule has 0 bridgehead atoms. The van der Waals surface area contributed by atoms with Crippen molar-refractivity contribution in [1.29, 1.82) is 0 Å². The van der Waals surface area contributed by atoms with Gasteiger partial charge >= 0.3 is 0 Å². The van der Waals surface area contributed by atoms with Crippen molar-refractivity contribution in [2.75, 3.05) is 13.6 Å². The zero-order chi connectivity index (χ0) is 19.1. The Morgan fingerprint density at radius 1 is 1.07 bits per heavy atom. The Bertz CT molecular complexity index is 796. The highest BCUT2D eigenvalue weighted by Crippen LogP contribution is 2.22. The number of nitrogens with one attached hydrogen (secondary N) is 2. The van der Waals surface area contributed by atoms with Gasteiger partial charge in [-0.25, -0.2) is 0 Å². The second kappa shape index (κ2) is 9.42. The Morgan fingerprint density at radius 3 is 2.41 bits per heavy atom. The van der Waals surface area contributed by atoms with Crippen LogP contribution in [0.25, 0.3) is 0 Å². The Balaban J connectivity index is 1.36. The van der Waals surface area contributed by atoms with E-state index in [2.05, 4.69) is 27.8 Å². The van der Waals surface area contributed by atoms with Crippen LogP contribution in [0.1, 0.15) is 29.5 Å². The van der Waals surface area contributed by atoms with E-state index in [1.165, 1.54) is 11.1 Å². The third-order valence-corrected chi connectivity index (χ3v) is 5.05. The number of guanidine groups is 1. The molecule has 1 aliphatic rings. The van der Waals surface area contributed by atoms with E-state index in [4.69, 9.17) is 11.6 Å². The van der Waals surface area contributed by atoms with Crippen LogP contribution in [0.15, 0.2) is 53.5 Å². The average Bonchev–Trinajstić information content (AvgIpc) is 3.13. The molecule has 0 aliphatic carbocycles. The monoisotopic (exact) mass is 384 g/mol. The summed E-state index contributed by atoms with van der Waals surface area (Å²) in [5.74, 6) is 0.906. The summed E-state index contributed by atoms with van der Waals surface area (Å²) in [5, 5.41) is 7.22. The highest BCUT2D eigenvalue weighted by Gasteiger charge is 2.22. The molecule has 0 radical (unpaired) electrons. The summed E-state index contributed by atoms with van der Waals surface area (Å²) in [4.78, 5) is 18.5. The van der Waals surface area contributed by atoms with Crippen LogP contribution in [0, 0.1) is 0 Å². The topological polar surface area (TPSA) is 56.7 Å². The number of carbonyl (C=O) groups is 1. The summed E-state index contributed by atoms with van der Waals surface area (Å²) in [6.45, 7) is 2.74. The van der Waals surface area contributed by atoms with Gasteiger partial charge < -0.3 is 15.5 Å². The fourth-order valence-electron chi connectivity index (χ4n) is 3.16. The number of halogens is 1. The summed E-state index contributed by atoms with van der Waals surface area (Å²) in [5.41, 5.74) is 3.53. The van der Waals surface area contributed by atoms with Crippen LogP contribution < -0.4 is 10.6 Å². The third kappa shape index (κ3) is 5.23. The molecule has 2 aromatic rings. The van der Waals surface area contributed by atoms with E-state index in [0.29, 0.717) is 25.5 Å². The first kappa shape index (κ1) is 19.2. The summed E-state index contributed by atoms with van der Waals surface area (Å²) >= 11 is 6.17. The maximum atomic E-state index is 12.4. The normalized spacial score (nSPS) is 13.4. The first-order chi connectivity index (χ1) is 13.2. The minimum absolute atomic E-state index is 0.201. The van der Waals surface area contributed by atoms with Gasteiger partial charge in [-0.05, 0) is 29.2 Å². The molecule has 1 amide bonds. The van der Waals surface area contributed by atoms with Crippen LogP contribution in [0.2, 0.25) is 5.02 Å². The van der Waals surface area contributed by atoms with Crippen LogP contribution in [0.4, 0.5) is 0 Å². The zero-order valence-corrected chi connectivity index (χ0v) is 16.3. The number of fused-ring (bicyclic) bond motifs is 1. The highest BCUT2D eigenvalue weighted by atomic mass is 35.5. The van der Waals surface area contributed by atoms with Crippen molar-refractivity contribution < 1.29 is 4.79 Å². The molecule has 0 aromatic heterocycles. The number of nitrogens with zero attached hydrogens (tertiary/aromatic N) is 2.